The summed E-state index contributed by atoms with van der Waals surface area (Å²) in [6.45, 7) is 3.45. The first-order valence-electron chi connectivity index (χ1n) is 5.83. The Morgan fingerprint density at radius 1 is 1.44 bits per heavy atom. The van der Waals surface area contributed by atoms with Crippen molar-refractivity contribution in [1.29, 1.82) is 0 Å². The Hall–Kier alpha value is -0.900. The van der Waals surface area contributed by atoms with E-state index in [1.165, 1.54) is 0 Å². The predicted octanol–water partition coefficient (Wildman–Crippen LogP) is 2.59. The number of amidine groups is 1. The number of aliphatic imine (C=N–C) groups is 1. The molecule has 0 amide bonds. The van der Waals surface area contributed by atoms with Crippen LogP contribution in [0.4, 0.5) is 0 Å². The van der Waals surface area contributed by atoms with Gasteiger partial charge >= 0.3 is 0 Å². The number of hydrogen-bond acceptors (Lipinski definition) is 4. The molecule has 0 bridgehead atoms. The Bertz CT molecular complexity index is 453. The lowest BCUT2D eigenvalue weighted by Crippen LogP contribution is -2.18. The van der Waals surface area contributed by atoms with Crippen molar-refractivity contribution in [2.24, 2.45) is 4.99 Å². The molecule has 0 aromatic heterocycles. The molecule has 1 fully saturated rings. The van der Waals surface area contributed by atoms with Gasteiger partial charge in [-0.25, -0.2) is 4.99 Å². The lowest BCUT2D eigenvalue weighted by atomic mass is 10.1. The van der Waals surface area contributed by atoms with Crippen LogP contribution >= 0.6 is 7.07 Å². The highest BCUT2D eigenvalue weighted by Gasteiger charge is 2.23. The summed E-state index contributed by atoms with van der Waals surface area (Å²) in [6.07, 6.45) is 0. The predicted molar refractivity (Wildman–Crippen MR) is 77.6 cm³/mol. The van der Waals surface area contributed by atoms with Crippen molar-refractivity contribution in [1.82, 2.24) is 4.67 Å². The smallest absolute Gasteiger partial charge is 0.293 e. The second kappa shape index (κ2) is 6.32. The zero-order valence-electron chi connectivity index (χ0n) is 10.5. The largest absolute Gasteiger partial charge is 0.463 e. The fourth-order valence-electron chi connectivity index (χ4n) is 1.76. The number of rotatable bonds is 4. The highest BCUT2D eigenvalue weighted by molar-refractivity contribution is 8.02. The van der Waals surface area contributed by atoms with Gasteiger partial charge in [-0.1, -0.05) is 30.3 Å². The summed E-state index contributed by atoms with van der Waals surface area (Å²) in [7, 11) is 0.216. The molecule has 98 valence electrons. The average Bonchev–Trinajstić information content (AvgIpc) is 2.87. The van der Waals surface area contributed by atoms with E-state index in [4.69, 9.17) is 21.1 Å². The van der Waals surface area contributed by atoms with Crippen LogP contribution in [0.2, 0.25) is 0 Å². The van der Waals surface area contributed by atoms with Gasteiger partial charge in [-0.15, -0.1) is 0 Å². The van der Waals surface area contributed by atoms with Gasteiger partial charge in [-0.3, -0.25) is 4.67 Å². The van der Waals surface area contributed by atoms with Crippen molar-refractivity contribution in [3.8, 4) is 0 Å². The lowest BCUT2D eigenvalue weighted by Gasteiger charge is -2.18. The first-order valence-corrected chi connectivity index (χ1v) is 8.32. The highest BCUT2D eigenvalue weighted by Crippen LogP contribution is 2.31. The van der Waals surface area contributed by atoms with E-state index in [2.05, 4.69) is 17.1 Å². The van der Waals surface area contributed by atoms with Crippen LogP contribution in [-0.4, -0.2) is 31.0 Å². The summed E-state index contributed by atoms with van der Waals surface area (Å²) in [5.41, 5.74) is 1.16. The third-order valence-electron chi connectivity index (χ3n) is 2.76. The van der Waals surface area contributed by atoms with Gasteiger partial charge in [0.05, 0.1) is 12.6 Å². The summed E-state index contributed by atoms with van der Waals surface area (Å²) in [6, 6.07) is 10.8. The number of hydrogen-bond donors (Lipinski definition) is 0. The standard InChI is InChI=1S/C12H17N2O2PS/c1-10(11-6-4-3-5-7-11)13-12-14(8-9-16-12)17(18)15-2/h3-7,10,17H,8-9H2,1-2H3/b13-12-/t10-/m0/s1. The van der Waals surface area contributed by atoms with Crippen LogP contribution in [0.15, 0.2) is 35.3 Å². The summed E-state index contributed by atoms with van der Waals surface area (Å²) in [4.78, 5) is 4.60. The quantitative estimate of drug-likeness (QED) is 0.796. The van der Waals surface area contributed by atoms with Crippen molar-refractivity contribution in [3.05, 3.63) is 35.9 Å². The number of benzene rings is 1. The molecule has 0 aliphatic carbocycles. The molecule has 1 unspecified atom stereocenters. The SMILES string of the molecule is CO[PH](=S)N1CCO/C1=N\[C@@H](C)c1ccccc1. The van der Waals surface area contributed by atoms with Gasteiger partial charge in [0.2, 0.25) is 0 Å². The van der Waals surface area contributed by atoms with Gasteiger partial charge in [-0.2, -0.15) is 0 Å². The molecule has 0 saturated carbocycles. The van der Waals surface area contributed by atoms with Crippen LogP contribution in [0.25, 0.3) is 0 Å². The van der Waals surface area contributed by atoms with E-state index in [0.29, 0.717) is 12.6 Å². The topological polar surface area (TPSA) is 34.1 Å². The molecule has 1 aromatic rings. The van der Waals surface area contributed by atoms with Crippen LogP contribution in [0.5, 0.6) is 0 Å². The molecule has 1 heterocycles. The minimum atomic E-state index is -1.42. The van der Waals surface area contributed by atoms with Crippen molar-refractivity contribution >= 4 is 24.9 Å². The van der Waals surface area contributed by atoms with Crippen LogP contribution in [0.3, 0.4) is 0 Å². The van der Waals surface area contributed by atoms with Gasteiger partial charge < -0.3 is 9.26 Å². The first-order chi connectivity index (χ1) is 8.72. The minimum absolute atomic E-state index is 0.0588. The maximum atomic E-state index is 5.54. The third-order valence-corrected chi connectivity index (χ3v) is 5.12. The van der Waals surface area contributed by atoms with E-state index in [1.807, 2.05) is 29.8 Å². The number of ether oxygens (including phenoxy) is 1. The monoisotopic (exact) mass is 284 g/mol. The normalized spacial score (nSPS) is 20.8. The molecule has 0 radical (unpaired) electrons. The molecule has 1 aliphatic rings. The van der Waals surface area contributed by atoms with Crippen molar-refractivity contribution in [2.75, 3.05) is 20.3 Å². The third kappa shape index (κ3) is 3.10. The van der Waals surface area contributed by atoms with Crippen molar-refractivity contribution < 1.29 is 9.26 Å². The average molecular weight is 284 g/mol. The molecule has 6 heteroatoms. The van der Waals surface area contributed by atoms with Crippen molar-refractivity contribution in [2.45, 2.75) is 13.0 Å². The summed E-state index contributed by atoms with van der Waals surface area (Å²) >= 11 is 5.29. The van der Waals surface area contributed by atoms with Gasteiger partial charge in [-0.05, 0) is 24.3 Å². The maximum Gasteiger partial charge on any atom is 0.293 e. The first kappa shape index (κ1) is 13.5. The van der Waals surface area contributed by atoms with Crippen LogP contribution in [0, 0.1) is 0 Å². The molecule has 1 aromatic carbocycles. The van der Waals surface area contributed by atoms with Crippen LogP contribution in [0.1, 0.15) is 18.5 Å². The molecule has 0 N–H and O–H groups in total. The molecule has 1 aliphatic heterocycles. The Kier molecular flexibility index (Phi) is 4.75. The minimum Gasteiger partial charge on any atom is -0.463 e. The summed E-state index contributed by atoms with van der Waals surface area (Å²) in [5.74, 6) is 0. The molecule has 4 nitrogen and oxygen atoms in total. The van der Waals surface area contributed by atoms with E-state index in [9.17, 15) is 0 Å². The molecule has 2 atom stereocenters. The van der Waals surface area contributed by atoms with E-state index in [-0.39, 0.29) is 6.04 Å². The van der Waals surface area contributed by atoms with Gasteiger partial charge in [0.1, 0.15) is 13.7 Å². The summed E-state index contributed by atoms with van der Waals surface area (Å²) in [5, 5.41) is 0. The van der Waals surface area contributed by atoms with E-state index in [1.54, 1.807) is 7.11 Å². The molecular weight excluding hydrogens is 267 g/mol. The maximum absolute atomic E-state index is 5.54. The Labute approximate surface area is 113 Å². The van der Waals surface area contributed by atoms with Crippen LogP contribution in [-0.2, 0) is 21.1 Å². The van der Waals surface area contributed by atoms with E-state index in [0.717, 1.165) is 12.1 Å². The molecule has 18 heavy (non-hydrogen) atoms. The van der Waals surface area contributed by atoms with Gasteiger partial charge in [0.25, 0.3) is 6.02 Å². The highest BCUT2D eigenvalue weighted by atomic mass is 32.4. The van der Waals surface area contributed by atoms with Gasteiger partial charge in [0.15, 0.2) is 0 Å². The van der Waals surface area contributed by atoms with E-state index >= 15 is 0 Å². The zero-order chi connectivity index (χ0) is 13.0. The summed E-state index contributed by atoms with van der Waals surface area (Å²) < 4.78 is 12.7. The fourth-order valence-corrected chi connectivity index (χ4v) is 3.04. The van der Waals surface area contributed by atoms with Crippen molar-refractivity contribution in [3.63, 3.8) is 0 Å². The second-order valence-corrected chi connectivity index (χ2v) is 6.50. The second-order valence-electron chi connectivity index (χ2n) is 3.97. The molecule has 0 spiro atoms. The molecule has 2 rings (SSSR count). The zero-order valence-corrected chi connectivity index (χ0v) is 12.3. The van der Waals surface area contributed by atoms with Crippen LogP contribution < -0.4 is 0 Å². The fraction of sp³-hybridized carbons (Fsp3) is 0.417. The Morgan fingerprint density at radius 3 is 2.83 bits per heavy atom. The molecular formula is C12H17N2O2PS. The Balaban J connectivity index is 2.15. The van der Waals surface area contributed by atoms with E-state index < -0.39 is 7.07 Å². The number of nitrogens with zero attached hydrogens (tertiary/aromatic N) is 2. The van der Waals surface area contributed by atoms with Gasteiger partial charge in [0, 0.05) is 7.11 Å². The Morgan fingerprint density at radius 2 is 2.17 bits per heavy atom. The lowest BCUT2D eigenvalue weighted by molar-refractivity contribution is 0.349. The molecule has 1 saturated heterocycles.